The van der Waals surface area contributed by atoms with Gasteiger partial charge in [0.1, 0.15) is 159 Å². The van der Waals surface area contributed by atoms with Crippen molar-refractivity contribution in [1.82, 2.24) is 0 Å². The number of aliphatic carboxylic acids is 2. The molecule has 38 nitrogen and oxygen atoms in total. The molecule has 0 amide bonds. The maximum Gasteiger partial charge on any atom is 0.321 e. The molecular weight excluding hydrogens is 1240 g/mol. The molecule has 36 atom stereocenters. The quantitative estimate of drug-likeness (QED) is 0.0724. The molecule has 21 aliphatic heterocycles. The molecule has 0 saturated carbocycles. The molecule has 21 rings (SSSR count). The van der Waals surface area contributed by atoms with Gasteiger partial charge in [-0.25, -0.2) is 0 Å². The van der Waals surface area contributed by atoms with E-state index < -0.39 is 272 Å². The number of hydrogen-bond donors (Lipinski definition) is 22. The molecule has 0 radical (unpaired) electrons. The summed E-state index contributed by atoms with van der Waals surface area (Å²) in [6.07, 6.45) is -66.8. The standard InChI is InChI=1S/C48H80N2O36S2/c49-11(40(69)70)7-87-9-20-38-26(61)28(63)43(79-20)73-14-1-13(56)42(74-15(14)2-51)81-34-16(3-52)75-46(29(64)22(34)57)86-39-21(10-88-8-12(50)41(71)72)80-48(33(68)27(39)62)84-37-19(6-55)77-45(31(66)24(37)59)82-35-17(4-53)76-44(30(65)23(35)58)83-36-18(5-54)78-47(85-38)32(67)25(36)60/h11-39,42-48,51-68H,1-10,49-50H2,(H,69,70)(H,71,72)/t11-,12-,13?,14+,15?,16?,17?,18?,19?,20?,21?,22-,23-,24-,25-,26-,27-,28?,29?,30?,31?,32?,33?,34-,35-,36-,37-,38-,39-,42+,43+,44-,45-,46+,47-,48+/m1/s1. The molecule has 21 fully saturated rings. The Balaban J connectivity index is 1.10. The van der Waals surface area contributed by atoms with E-state index in [0.29, 0.717) is 0 Å². The third-order valence-corrected chi connectivity index (χ3v) is 18.4. The van der Waals surface area contributed by atoms with E-state index in [9.17, 15) is 112 Å². The first-order valence-corrected chi connectivity index (χ1v) is 30.3. The molecule has 88 heavy (non-hydrogen) atoms. The van der Waals surface area contributed by atoms with Gasteiger partial charge in [-0.15, -0.1) is 0 Å². The molecule has 14 bridgehead atoms. The summed E-state index contributed by atoms with van der Waals surface area (Å²) in [6.45, 7) is -5.14. The highest BCUT2D eigenvalue weighted by Crippen LogP contribution is 2.39. The number of rotatable bonds is 15. The van der Waals surface area contributed by atoms with Crippen molar-refractivity contribution in [2.75, 3.05) is 56.0 Å². The van der Waals surface area contributed by atoms with Crippen LogP contribution in [-0.2, 0) is 75.9 Å². The molecule has 510 valence electrons. The topological polar surface area (TPSA) is 620 Å². The zero-order chi connectivity index (χ0) is 64.3. The third-order valence-electron chi connectivity index (χ3n) is 16.1. The van der Waals surface area contributed by atoms with Crippen molar-refractivity contribution in [2.24, 2.45) is 11.5 Å². The number of carboxylic acid groups (broad SMARTS) is 2. The summed E-state index contributed by atoms with van der Waals surface area (Å²) in [6, 6.07) is -2.88. The van der Waals surface area contributed by atoms with Gasteiger partial charge >= 0.3 is 11.9 Å². The van der Waals surface area contributed by atoms with E-state index in [0.717, 1.165) is 23.5 Å². The number of aliphatic hydroxyl groups excluding tert-OH is 18. The van der Waals surface area contributed by atoms with E-state index >= 15 is 0 Å². The van der Waals surface area contributed by atoms with Crippen molar-refractivity contribution in [3.05, 3.63) is 0 Å². The van der Waals surface area contributed by atoms with Crippen LogP contribution >= 0.6 is 23.5 Å². The molecule has 40 heteroatoms. The molecule has 0 aromatic heterocycles. The van der Waals surface area contributed by atoms with Crippen molar-refractivity contribution < 1.29 is 178 Å². The lowest BCUT2D eigenvalue weighted by molar-refractivity contribution is -0.395. The van der Waals surface area contributed by atoms with Gasteiger partial charge in [0.15, 0.2) is 44.0 Å². The Morgan fingerprint density at radius 2 is 0.557 bits per heavy atom. The average Bonchev–Trinajstić information content (AvgIpc) is 1.18. The molecule has 0 spiro atoms. The molecule has 0 aromatic rings. The van der Waals surface area contributed by atoms with Gasteiger partial charge in [0.2, 0.25) is 0 Å². The maximum atomic E-state index is 11.7. The largest absolute Gasteiger partial charge is 0.480 e. The molecule has 0 aliphatic carbocycles. The van der Waals surface area contributed by atoms with Crippen LogP contribution in [0.5, 0.6) is 0 Å². The summed E-state index contributed by atoms with van der Waals surface area (Å²) in [5, 5.41) is 221. The lowest BCUT2D eigenvalue weighted by Gasteiger charge is -2.50. The zero-order valence-electron chi connectivity index (χ0n) is 46.3. The second-order valence-corrected chi connectivity index (χ2v) is 24.3. The fourth-order valence-electron chi connectivity index (χ4n) is 11.1. The highest BCUT2D eigenvalue weighted by Gasteiger charge is 2.59. The first-order chi connectivity index (χ1) is 41.8. The van der Waals surface area contributed by atoms with E-state index in [2.05, 4.69) is 0 Å². The second-order valence-electron chi connectivity index (χ2n) is 22.1. The minimum atomic E-state index is -2.24. The number of aliphatic hydroxyl groups is 18. The van der Waals surface area contributed by atoms with Gasteiger partial charge in [-0.1, -0.05) is 0 Å². The van der Waals surface area contributed by atoms with Crippen LogP contribution in [0.2, 0.25) is 0 Å². The van der Waals surface area contributed by atoms with Gasteiger partial charge in [-0.2, -0.15) is 23.5 Å². The highest BCUT2D eigenvalue weighted by atomic mass is 32.2. The fraction of sp³-hybridized carbons (Fsp3) is 0.958. The van der Waals surface area contributed by atoms with Crippen LogP contribution in [0.3, 0.4) is 0 Å². The molecule has 21 saturated heterocycles. The first-order valence-electron chi connectivity index (χ1n) is 27.9. The molecular formula is C48H80N2O36S2. The number of ether oxygens (including phenoxy) is 14. The number of thioether (sulfide) groups is 2. The fourth-order valence-corrected chi connectivity index (χ4v) is 13.2. The third kappa shape index (κ3) is 15.8. The van der Waals surface area contributed by atoms with Crippen LogP contribution in [0, 0.1) is 0 Å². The highest BCUT2D eigenvalue weighted by molar-refractivity contribution is 7.99. The average molecular weight is 1330 g/mol. The Morgan fingerprint density at radius 1 is 0.330 bits per heavy atom. The Labute approximate surface area is 507 Å². The molecule has 21 aliphatic rings. The number of carboxylic acids is 2. The van der Waals surface area contributed by atoms with Crippen molar-refractivity contribution in [3.8, 4) is 0 Å². The zero-order valence-corrected chi connectivity index (χ0v) is 47.9. The predicted octanol–water partition coefficient (Wildman–Crippen LogP) is -13.9. The summed E-state index contributed by atoms with van der Waals surface area (Å²) >= 11 is 1.67. The first kappa shape index (κ1) is 72.1. The van der Waals surface area contributed by atoms with E-state index in [1.807, 2.05) is 0 Å². The maximum absolute atomic E-state index is 11.7. The Morgan fingerprint density at radius 3 is 0.818 bits per heavy atom. The van der Waals surface area contributed by atoms with Crippen molar-refractivity contribution in [3.63, 3.8) is 0 Å². The van der Waals surface area contributed by atoms with Gasteiger partial charge in [0.25, 0.3) is 0 Å². The SMILES string of the molecule is N[C@H](CSCC1O[C@@H]2O[C@H]3CC(O)[C@@H](OC3CO)O[C@@H]3C(CO)O[C@@H](O[C@@H]4C(CSC[C@@H](N)C(=O)O)O[C@@H](O[C@@H]5C(CO)O[C@H](O[C@@H]6C(CO)O[C@H](O[C@@H]7C(CO)O[C@H](O[C@H]1[C@H](O)C2O)C(O)[C@H]7O)C(O)[C@H]6O)C(O)[C@H]5O)C(O)[C@H]4O)C(O)[C@H]3O)C(=O)O. The Hall–Kier alpha value is -1.72. The minimum Gasteiger partial charge on any atom is -0.480 e. The summed E-state index contributed by atoms with van der Waals surface area (Å²) in [5.41, 5.74) is 11.4. The summed E-state index contributed by atoms with van der Waals surface area (Å²) < 4.78 is 82.2. The van der Waals surface area contributed by atoms with Crippen molar-refractivity contribution in [1.29, 1.82) is 0 Å². The lowest BCUT2D eigenvalue weighted by Crippen LogP contribution is -2.68. The Bertz CT molecular complexity index is 2190. The van der Waals surface area contributed by atoms with Crippen LogP contribution < -0.4 is 11.5 Å². The van der Waals surface area contributed by atoms with Crippen LogP contribution in [0.4, 0.5) is 0 Å². The van der Waals surface area contributed by atoms with Gasteiger partial charge < -0.3 is 180 Å². The minimum absolute atomic E-state index is 0.276. The number of hydrogen-bond acceptors (Lipinski definition) is 38. The van der Waals surface area contributed by atoms with Gasteiger partial charge in [-0.05, 0) is 0 Å². The van der Waals surface area contributed by atoms with Crippen LogP contribution in [0.1, 0.15) is 6.42 Å². The van der Waals surface area contributed by atoms with Gasteiger partial charge in [-0.3, -0.25) is 9.59 Å². The van der Waals surface area contributed by atoms with E-state index in [1.54, 1.807) is 0 Å². The summed E-state index contributed by atoms with van der Waals surface area (Å²) in [4.78, 5) is 23.2. The second kappa shape index (κ2) is 31.7. The molecule has 0 aromatic carbocycles. The van der Waals surface area contributed by atoms with Crippen molar-refractivity contribution in [2.45, 2.75) is 227 Å². The molecule has 14 unspecified atom stereocenters. The summed E-state index contributed by atoms with van der Waals surface area (Å²) in [5.74, 6) is -4.07. The van der Waals surface area contributed by atoms with Crippen LogP contribution in [0.15, 0.2) is 0 Å². The van der Waals surface area contributed by atoms with Crippen LogP contribution in [0.25, 0.3) is 0 Å². The number of carbonyl (C=O) groups is 2. The predicted molar refractivity (Wildman–Crippen MR) is 279 cm³/mol. The van der Waals surface area contributed by atoms with Gasteiger partial charge in [0, 0.05) is 29.4 Å². The molecule has 21 heterocycles. The van der Waals surface area contributed by atoms with Crippen LogP contribution in [-0.4, -0.2) is 391 Å². The van der Waals surface area contributed by atoms with E-state index in [-0.39, 0.29) is 23.0 Å². The van der Waals surface area contributed by atoms with E-state index in [4.69, 9.17) is 77.8 Å². The number of nitrogens with two attached hydrogens (primary N) is 2. The summed E-state index contributed by atoms with van der Waals surface area (Å²) in [7, 11) is 0. The lowest BCUT2D eigenvalue weighted by atomic mass is 9.95. The normalized spacial score (nSPS) is 49.7. The monoisotopic (exact) mass is 1320 g/mol. The Kier molecular flexibility index (Phi) is 26.0. The van der Waals surface area contributed by atoms with E-state index in [1.165, 1.54) is 0 Å². The molecule has 24 N–H and O–H groups in total. The van der Waals surface area contributed by atoms with Gasteiger partial charge in [0.05, 0.1) is 51.3 Å². The smallest absolute Gasteiger partial charge is 0.321 e. The van der Waals surface area contributed by atoms with Crippen molar-refractivity contribution >= 4 is 35.5 Å².